The maximum Gasteiger partial charge on any atom is 1.00 e. The summed E-state index contributed by atoms with van der Waals surface area (Å²) >= 11 is 13.3. The molecule has 2 aromatic rings. The number of hydrogen-bond donors (Lipinski definition) is 0. The summed E-state index contributed by atoms with van der Waals surface area (Å²) in [6.45, 7) is 1.97. The van der Waals surface area contributed by atoms with Crippen LogP contribution >= 0.6 is 63.7 Å². The quantitative estimate of drug-likeness (QED) is 0.185. The average molecular weight is 698 g/mol. The first kappa shape index (κ1) is 25.9. The second kappa shape index (κ2) is 10.3. The summed E-state index contributed by atoms with van der Waals surface area (Å²) in [6.07, 6.45) is 0. The molecule has 1 heterocycles. The van der Waals surface area contributed by atoms with Gasteiger partial charge in [0.2, 0.25) is 5.43 Å². The molecule has 0 saturated carbocycles. The first-order valence-electron chi connectivity index (χ1n) is 8.96. The fourth-order valence-electron chi connectivity index (χ4n) is 3.36. The molecule has 32 heavy (non-hydrogen) atoms. The van der Waals surface area contributed by atoms with E-state index in [-0.39, 0.29) is 67.6 Å². The molecule has 2 aliphatic rings. The third-order valence-corrected chi connectivity index (χ3v) is 7.32. The van der Waals surface area contributed by atoms with Crippen molar-refractivity contribution >= 4 is 80.7 Å². The van der Waals surface area contributed by atoms with Crippen LogP contribution in [0.5, 0.6) is 5.75 Å². The van der Waals surface area contributed by atoms with Crippen molar-refractivity contribution in [2.24, 2.45) is 0 Å². The number of esters is 1. The van der Waals surface area contributed by atoms with Gasteiger partial charge in [-0.3, -0.25) is 4.79 Å². The Bertz CT molecular complexity index is 1400. The smallest absolute Gasteiger partial charge is 0.871 e. The molecule has 0 spiro atoms. The Kier molecular flexibility index (Phi) is 8.34. The predicted molar refractivity (Wildman–Crippen MR) is 131 cm³/mol. The van der Waals surface area contributed by atoms with E-state index in [0.29, 0.717) is 36.6 Å². The molecular weight excluding hydrogens is 687 g/mol. The second-order valence-corrected chi connectivity index (χ2v) is 9.79. The number of ether oxygens (including phenoxy) is 1. The minimum absolute atomic E-state index is 0. The molecule has 5 nitrogen and oxygen atoms in total. The van der Waals surface area contributed by atoms with E-state index in [2.05, 4.69) is 63.7 Å². The molecule has 0 aromatic heterocycles. The minimum atomic E-state index is -0.475. The zero-order valence-corrected chi connectivity index (χ0v) is 25.1. The van der Waals surface area contributed by atoms with Gasteiger partial charge in [0.1, 0.15) is 10.1 Å². The van der Waals surface area contributed by atoms with Gasteiger partial charge in [-0.2, -0.15) is 0 Å². The first-order chi connectivity index (χ1) is 14.8. The summed E-state index contributed by atoms with van der Waals surface area (Å²) in [6, 6.07) is 10.3. The molecule has 0 radical (unpaired) electrons. The number of benzene rings is 3. The summed E-state index contributed by atoms with van der Waals surface area (Å²) in [4.78, 5) is 25.2. The van der Waals surface area contributed by atoms with E-state index in [1.54, 1.807) is 43.3 Å². The molecule has 0 amide bonds. The molecule has 0 saturated heterocycles. The number of fused-ring (bicyclic) bond motifs is 2. The van der Waals surface area contributed by atoms with Crippen LogP contribution < -0.4 is 40.1 Å². The molecule has 0 fully saturated rings. The third kappa shape index (κ3) is 4.37. The van der Waals surface area contributed by atoms with Crippen LogP contribution in [-0.4, -0.2) is 12.6 Å². The van der Waals surface area contributed by atoms with Crippen LogP contribution in [0, 0.1) is 0 Å². The van der Waals surface area contributed by atoms with Crippen molar-refractivity contribution < 1.29 is 48.6 Å². The molecule has 0 unspecified atom stereocenters. The Balaban J connectivity index is 0.00000289. The number of hydrogen-bond acceptors (Lipinski definition) is 5. The van der Waals surface area contributed by atoms with Crippen LogP contribution in [0.3, 0.4) is 0 Å². The van der Waals surface area contributed by atoms with Gasteiger partial charge in [0.15, 0.2) is 5.76 Å². The fourth-order valence-corrected chi connectivity index (χ4v) is 5.77. The molecule has 4 rings (SSSR count). The standard InChI is InChI=1S/C22H12Br4O5.Na/c1-2-30-22(29)10-6-4-3-5-9(10)15-11-7-13(23)18(27)16(25)20(11)31-21-12(15)8-14(24)19(28)17(21)26;/h3-8,27H,2H2,1H3;/q;+1/p-1. The zero-order valence-electron chi connectivity index (χ0n) is 16.7. The molecular formula is C22H11Br4NaO5. The molecule has 1 aliphatic carbocycles. The molecule has 0 N–H and O–H groups in total. The summed E-state index contributed by atoms with van der Waals surface area (Å²) < 4.78 is 12.4. The molecule has 158 valence electrons. The average Bonchev–Trinajstić information content (AvgIpc) is 2.75. The fraction of sp³-hybridized carbons (Fsp3) is 0.0909. The Morgan fingerprint density at radius 1 is 1.03 bits per heavy atom. The van der Waals surface area contributed by atoms with Crippen molar-refractivity contribution in [3.8, 4) is 28.2 Å². The van der Waals surface area contributed by atoms with E-state index in [1.165, 1.54) is 0 Å². The van der Waals surface area contributed by atoms with Gasteiger partial charge in [0.05, 0.1) is 21.1 Å². The molecule has 1 aliphatic heterocycles. The molecule has 10 heteroatoms. The second-order valence-electron chi connectivity index (χ2n) is 6.50. The van der Waals surface area contributed by atoms with Crippen molar-refractivity contribution in [3.63, 3.8) is 0 Å². The number of carbonyl (C=O) groups excluding carboxylic acids is 1. The third-order valence-electron chi connectivity index (χ3n) is 4.70. The maximum absolute atomic E-state index is 12.7. The SMILES string of the molecule is CCOC(=O)c1ccccc1-c1c2cc(Br)c(=O)c(Br)c-2oc2c(Br)c([O-])c(Br)cc12.[Na+]. The topological polar surface area (TPSA) is 79.6 Å². The van der Waals surface area contributed by atoms with Crippen LogP contribution in [0.25, 0.3) is 33.4 Å². The number of rotatable bonds is 3. The van der Waals surface area contributed by atoms with E-state index in [0.717, 1.165) is 0 Å². The molecule has 2 aromatic carbocycles. The van der Waals surface area contributed by atoms with Gasteiger partial charge in [0, 0.05) is 21.0 Å². The van der Waals surface area contributed by atoms with Crippen molar-refractivity contribution in [2.45, 2.75) is 6.92 Å². The summed E-state index contributed by atoms with van der Waals surface area (Å²) in [5.74, 6) is -0.509. The summed E-state index contributed by atoms with van der Waals surface area (Å²) in [7, 11) is 0. The summed E-state index contributed by atoms with van der Waals surface area (Å²) in [5, 5.41) is 13.1. The van der Waals surface area contributed by atoms with E-state index in [4.69, 9.17) is 9.15 Å². The van der Waals surface area contributed by atoms with Crippen molar-refractivity contribution in [2.75, 3.05) is 6.61 Å². The zero-order chi connectivity index (χ0) is 22.4. The van der Waals surface area contributed by atoms with Gasteiger partial charge in [-0.05, 0) is 78.5 Å². The van der Waals surface area contributed by atoms with Gasteiger partial charge in [-0.1, -0.05) is 39.9 Å². The van der Waals surface area contributed by atoms with Gasteiger partial charge >= 0.3 is 35.5 Å². The van der Waals surface area contributed by atoms with Crippen molar-refractivity contribution in [1.82, 2.24) is 0 Å². The molecule has 0 atom stereocenters. The van der Waals surface area contributed by atoms with Crippen LogP contribution in [0.4, 0.5) is 0 Å². The van der Waals surface area contributed by atoms with E-state index < -0.39 is 5.97 Å². The minimum Gasteiger partial charge on any atom is -0.871 e. The number of carbonyl (C=O) groups is 1. The van der Waals surface area contributed by atoms with Crippen LogP contribution in [0.1, 0.15) is 17.3 Å². The Morgan fingerprint density at radius 3 is 2.41 bits per heavy atom. The maximum atomic E-state index is 12.7. The van der Waals surface area contributed by atoms with Gasteiger partial charge in [-0.15, -0.1) is 0 Å². The van der Waals surface area contributed by atoms with Gasteiger partial charge in [0.25, 0.3) is 0 Å². The van der Waals surface area contributed by atoms with Gasteiger partial charge in [-0.25, -0.2) is 4.79 Å². The first-order valence-corrected chi connectivity index (χ1v) is 12.1. The van der Waals surface area contributed by atoms with Crippen LogP contribution in [-0.2, 0) is 4.74 Å². The number of halogens is 4. The molecule has 0 bridgehead atoms. The van der Waals surface area contributed by atoms with E-state index in [1.807, 2.05) is 0 Å². The van der Waals surface area contributed by atoms with Gasteiger partial charge < -0.3 is 14.3 Å². The Hall–Kier alpha value is -0.680. The van der Waals surface area contributed by atoms with E-state index in [9.17, 15) is 14.7 Å². The van der Waals surface area contributed by atoms with Crippen LogP contribution in [0.2, 0.25) is 0 Å². The van der Waals surface area contributed by atoms with Crippen molar-refractivity contribution in [3.05, 3.63) is 70.1 Å². The normalized spacial score (nSPS) is 10.9. The largest absolute Gasteiger partial charge is 1.00 e. The van der Waals surface area contributed by atoms with Crippen LogP contribution in [0.15, 0.2) is 63.5 Å². The monoisotopic (exact) mass is 694 g/mol. The Labute approximate surface area is 238 Å². The predicted octanol–water partition coefficient (Wildman–Crippen LogP) is 3.87. The van der Waals surface area contributed by atoms with Crippen molar-refractivity contribution in [1.29, 1.82) is 0 Å². The van der Waals surface area contributed by atoms with E-state index >= 15 is 0 Å². The Morgan fingerprint density at radius 2 is 1.72 bits per heavy atom. The summed E-state index contributed by atoms with van der Waals surface area (Å²) in [5.41, 5.74) is 2.12.